The highest BCUT2D eigenvalue weighted by Gasteiger charge is 2.14. The maximum atomic E-state index is 13.9. The molecule has 0 unspecified atom stereocenters. The van der Waals surface area contributed by atoms with Gasteiger partial charge in [-0.05, 0) is 30.7 Å². The van der Waals surface area contributed by atoms with Gasteiger partial charge in [-0.15, -0.1) is 10.2 Å². The summed E-state index contributed by atoms with van der Waals surface area (Å²) in [4.78, 5) is 0. The van der Waals surface area contributed by atoms with E-state index in [9.17, 15) is 4.39 Å². The van der Waals surface area contributed by atoms with Crippen LogP contribution in [0.15, 0.2) is 53.7 Å². The number of rotatable bonds is 6. The first-order valence-electron chi connectivity index (χ1n) is 7.62. The van der Waals surface area contributed by atoms with Crippen LogP contribution in [0.2, 0.25) is 0 Å². The molecular weight excluding hydrogens is 325 g/mol. The third-order valence-electron chi connectivity index (χ3n) is 3.62. The summed E-state index contributed by atoms with van der Waals surface area (Å²) >= 11 is 1.54. The smallest absolute Gasteiger partial charge is 0.191 e. The maximum Gasteiger partial charge on any atom is 0.191 e. The predicted octanol–water partition coefficient (Wildman–Crippen LogP) is 4.10. The summed E-state index contributed by atoms with van der Waals surface area (Å²) in [5, 5.41) is 9.00. The quantitative estimate of drug-likeness (QED) is 0.499. The lowest BCUT2D eigenvalue weighted by molar-refractivity contribution is 0.341. The van der Waals surface area contributed by atoms with Crippen molar-refractivity contribution >= 4 is 11.8 Å². The number of hydrogen-bond donors (Lipinski definition) is 0. The van der Waals surface area contributed by atoms with Crippen LogP contribution in [0, 0.1) is 12.7 Å². The van der Waals surface area contributed by atoms with E-state index in [4.69, 9.17) is 4.74 Å². The SMILES string of the molecule is Cc1ccccc1OCCSc1nnc(-c2ccccc2F)n1C. The minimum absolute atomic E-state index is 0.299. The summed E-state index contributed by atoms with van der Waals surface area (Å²) in [7, 11) is 1.84. The molecule has 1 aromatic heterocycles. The molecule has 0 saturated carbocycles. The van der Waals surface area contributed by atoms with E-state index in [1.165, 1.54) is 17.8 Å². The monoisotopic (exact) mass is 343 g/mol. The van der Waals surface area contributed by atoms with E-state index in [-0.39, 0.29) is 5.82 Å². The summed E-state index contributed by atoms with van der Waals surface area (Å²) < 4.78 is 21.5. The number of ether oxygens (including phenoxy) is 1. The number of nitrogens with zero attached hydrogens (tertiary/aromatic N) is 3. The molecule has 0 saturated heterocycles. The van der Waals surface area contributed by atoms with Crippen molar-refractivity contribution < 1.29 is 9.13 Å². The molecular formula is C18H18FN3OS. The van der Waals surface area contributed by atoms with Crippen LogP contribution < -0.4 is 4.74 Å². The second-order valence-electron chi connectivity index (χ2n) is 5.31. The molecule has 0 fully saturated rings. The van der Waals surface area contributed by atoms with E-state index in [0.29, 0.717) is 18.0 Å². The zero-order chi connectivity index (χ0) is 16.9. The third kappa shape index (κ3) is 3.59. The molecule has 3 rings (SSSR count). The van der Waals surface area contributed by atoms with Gasteiger partial charge in [0.1, 0.15) is 11.6 Å². The maximum absolute atomic E-state index is 13.9. The number of para-hydroxylation sites is 1. The molecule has 124 valence electrons. The first-order valence-corrected chi connectivity index (χ1v) is 8.61. The van der Waals surface area contributed by atoms with Crippen molar-refractivity contribution in [1.29, 1.82) is 0 Å². The largest absolute Gasteiger partial charge is 0.492 e. The zero-order valence-electron chi connectivity index (χ0n) is 13.6. The molecule has 1 heterocycles. The molecule has 24 heavy (non-hydrogen) atoms. The third-order valence-corrected chi connectivity index (χ3v) is 4.60. The van der Waals surface area contributed by atoms with Gasteiger partial charge in [-0.3, -0.25) is 0 Å². The Bertz CT molecular complexity index is 835. The molecule has 0 spiro atoms. The molecule has 0 radical (unpaired) electrons. The van der Waals surface area contributed by atoms with Gasteiger partial charge < -0.3 is 9.30 Å². The second kappa shape index (κ2) is 7.49. The normalized spacial score (nSPS) is 10.8. The van der Waals surface area contributed by atoms with Crippen LogP contribution in [0.3, 0.4) is 0 Å². The molecule has 0 aliphatic heterocycles. The molecule has 0 N–H and O–H groups in total. The summed E-state index contributed by atoms with van der Waals surface area (Å²) in [5.74, 6) is 1.85. The van der Waals surface area contributed by atoms with Crippen LogP contribution in [-0.4, -0.2) is 27.1 Å². The Balaban J connectivity index is 1.61. The topological polar surface area (TPSA) is 39.9 Å². The van der Waals surface area contributed by atoms with Gasteiger partial charge in [0, 0.05) is 12.8 Å². The molecule has 0 aliphatic carbocycles. The highest BCUT2D eigenvalue weighted by atomic mass is 32.2. The van der Waals surface area contributed by atoms with Crippen molar-refractivity contribution in [3.8, 4) is 17.1 Å². The fourth-order valence-electron chi connectivity index (χ4n) is 2.32. The van der Waals surface area contributed by atoms with Gasteiger partial charge in [0.15, 0.2) is 11.0 Å². The van der Waals surface area contributed by atoms with Crippen molar-refractivity contribution in [2.24, 2.45) is 7.05 Å². The number of thioether (sulfide) groups is 1. The molecule has 0 atom stereocenters. The summed E-state index contributed by atoms with van der Waals surface area (Å²) in [5.41, 5.74) is 1.57. The van der Waals surface area contributed by atoms with E-state index >= 15 is 0 Å². The Morgan fingerprint density at radius 1 is 1.08 bits per heavy atom. The predicted molar refractivity (Wildman–Crippen MR) is 93.8 cm³/mol. The lowest BCUT2D eigenvalue weighted by atomic mass is 10.2. The van der Waals surface area contributed by atoms with Crippen molar-refractivity contribution in [2.45, 2.75) is 12.1 Å². The average Bonchev–Trinajstić information content (AvgIpc) is 2.94. The molecule has 4 nitrogen and oxygen atoms in total. The number of halogens is 1. The average molecular weight is 343 g/mol. The summed E-state index contributed by atoms with van der Waals surface area (Å²) in [6.07, 6.45) is 0. The molecule has 6 heteroatoms. The van der Waals surface area contributed by atoms with E-state index in [2.05, 4.69) is 10.2 Å². The minimum Gasteiger partial charge on any atom is -0.492 e. The van der Waals surface area contributed by atoms with E-state index in [1.807, 2.05) is 38.2 Å². The van der Waals surface area contributed by atoms with Crippen LogP contribution in [0.25, 0.3) is 11.4 Å². The number of aromatic nitrogens is 3. The Hall–Kier alpha value is -2.34. The van der Waals surface area contributed by atoms with Crippen molar-refractivity contribution in [3.05, 3.63) is 59.9 Å². The minimum atomic E-state index is -0.299. The number of benzene rings is 2. The van der Waals surface area contributed by atoms with Crippen LogP contribution >= 0.6 is 11.8 Å². The van der Waals surface area contributed by atoms with Gasteiger partial charge in [0.05, 0.1) is 12.2 Å². The summed E-state index contributed by atoms with van der Waals surface area (Å²) in [6, 6.07) is 14.5. The van der Waals surface area contributed by atoms with Crippen LogP contribution in [-0.2, 0) is 7.05 Å². The van der Waals surface area contributed by atoms with Crippen LogP contribution in [0.4, 0.5) is 4.39 Å². The standard InChI is InChI=1S/C18H18FN3OS/c1-13-7-3-6-10-16(13)23-11-12-24-18-21-20-17(22(18)2)14-8-4-5-9-15(14)19/h3-10H,11-12H2,1-2H3. The fourth-order valence-corrected chi connectivity index (χ4v) is 3.05. The van der Waals surface area contributed by atoms with E-state index < -0.39 is 0 Å². The molecule has 3 aromatic rings. The molecule has 0 bridgehead atoms. The lowest BCUT2D eigenvalue weighted by Crippen LogP contribution is -2.03. The molecule has 2 aromatic carbocycles. The van der Waals surface area contributed by atoms with Crippen LogP contribution in [0.5, 0.6) is 5.75 Å². The first-order chi connectivity index (χ1) is 11.7. The van der Waals surface area contributed by atoms with Gasteiger partial charge in [-0.25, -0.2) is 4.39 Å². The Morgan fingerprint density at radius 3 is 2.62 bits per heavy atom. The van der Waals surface area contributed by atoms with Gasteiger partial charge in [-0.2, -0.15) is 0 Å². The van der Waals surface area contributed by atoms with Crippen molar-refractivity contribution in [1.82, 2.24) is 14.8 Å². The Kier molecular flexibility index (Phi) is 5.15. The van der Waals surface area contributed by atoms with Gasteiger partial charge in [0.2, 0.25) is 0 Å². The van der Waals surface area contributed by atoms with Crippen LogP contribution in [0.1, 0.15) is 5.56 Å². The first kappa shape index (κ1) is 16.5. The van der Waals surface area contributed by atoms with Gasteiger partial charge in [-0.1, -0.05) is 42.1 Å². The van der Waals surface area contributed by atoms with Gasteiger partial charge in [0.25, 0.3) is 0 Å². The van der Waals surface area contributed by atoms with E-state index in [1.54, 1.807) is 22.8 Å². The van der Waals surface area contributed by atoms with Crippen molar-refractivity contribution in [3.63, 3.8) is 0 Å². The fraction of sp³-hybridized carbons (Fsp3) is 0.222. The highest BCUT2D eigenvalue weighted by molar-refractivity contribution is 7.99. The van der Waals surface area contributed by atoms with E-state index in [0.717, 1.165) is 22.2 Å². The lowest BCUT2D eigenvalue weighted by Gasteiger charge is -2.08. The Morgan fingerprint density at radius 2 is 1.83 bits per heavy atom. The summed E-state index contributed by atoms with van der Waals surface area (Å²) in [6.45, 7) is 2.59. The zero-order valence-corrected chi connectivity index (χ0v) is 14.4. The number of hydrogen-bond acceptors (Lipinski definition) is 4. The number of aryl methyl sites for hydroxylation is 1. The van der Waals surface area contributed by atoms with Gasteiger partial charge >= 0.3 is 0 Å². The molecule has 0 aliphatic rings. The Labute approximate surface area is 144 Å². The molecule has 0 amide bonds. The second-order valence-corrected chi connectivity index (χ2v) is 6.37. The highest BCUT2D eigenvalue weighted by Crippen LogP contribution is 2.24. The van der Waals surface area contributed by atoms with Crippen molar-refractivity contribution in [2.75, 3.05) is 12.4 Å².